The lowest BCUT2D eigenvalue weighted by molar-refractivity contribution is -0.125. The molecule has 1 atom stereocenters. The number of imidazole rings is 1. The number of carbonyl (C=O) groups excluding carboxylic acids is 1. The standard InChI is InChI=1S/C26H22ClFN4O3/c1-2-25(33)30-12-10-19(15-30)32-22-9-11-29-14-23(22)31(26(32)34)18-7-8-24(20(27)13-18)35-16-17-5-3-4-6-21(17)28/h2-9,11,13-14,19H,1,10,12,15-16H2. The molecule has 0 radical (unpaired) electrons. The Morgan fingerprint density at radius 1 is 1.23 bits per heavy atom. The van der Waals surface area contributed by atoms with Crippen molar-refractivity contribution in [2.75, 3.05) is 13.1 Å². The van der Waals surface area contributed by atoms with Gasteiger partial charge in [-0.15, -0.1) is 0 Å². The van der Waals surface area contributed by atoms with Crippen molar-refractivity contribution in [3.63, 3.8) is 0 Å². The third-order valence-electron chi connectivity index (χ3n) is 6.21. The molecule has 1 amide bonds. The zero-order valence-electron chi connectivity index (χ0n) is 18.7. The van der Waals surface area contributed by atoms with Crippen LogP contribution < -0.4 is 10.4 Å². The maximum Gasteiger partial charge on any atom is 0.334 e. The number of nitrogens with zero attached hydrogens (tertiary/aromatic N) is 4. The van der Waals surface area contributed by atoms with E-state index in [1.54, 1.807) is 68.9 Å². The molecule has 1 unspecified atom stereocenters. The summed E-state index contributed by atoms with van der Waals surface area (Å²) in [5, 5.41) is 0.291. The van der Waals surface area contributed by atoms with Gasteiger partial charge in [0.25, 0.3) is 0 Å². The second-order valence-electron chi connectivity index (χ2n) is 8.28. The van der Waals surface area contributed by atoms with Gasteiger partial charge in [-0.2, -0.15) is 0 Å². The Balaban J connectivity index is 1.48. The Morgan fingerprint density at radius 3 is 2.83 bits per heavy atom. The second-order valence-corrected chi connectivity index (χ2v) is 8.69. The van der Waals surface area contributed by atoms with E-state index in [4.69, 9.17) is 16.3 Å². The summed E-state index contributed by atoms with van der Waals surface area (Å²) in [5.74, 6) is -0.126. The Hall–Kier alpha value is -3.91. The number of carbonyl (C=O) groups is 1. The molecule has 0 aliphatic carbocycles. The molecule has 0 spiro atoms. The quantitative estimate of drug-likeness (QED) is 0.371. The van der Waals surface area contributed by atoms with E-state index in [0.29, 0.717) is 47.1 Å². The molecule has 1 aliphatic heterocycles. The summed E-state index contributed by atoms with van der Waals surface area (Å²) in [7, 11) is 0. The predicted octanol–water partition coefficient (Wildman–Crippen LogP) is 4.52. The van der Waals surface area contributed by atoms with Crippen molar-refractivity contribution in [2.45, 2.75) is 19.1 Å². The van der Waals surface area contributed by atoms with Gasteiger partial charge in [-0.25, -0.2) is 9.18 Å². The first-order valence-corrected chi connectivity index (χ1v) is 11.5. The lowest BCUT2D eigenvalue weighted by atomic mass is 10.2. The van der Waals surface area contributed by atoms with Gasteiger partial charge in [-0.1, -0.05) is 36.4 Å². The van der Waals surface area contributed by atoms with Crippen LogP contribution in [-0.4, -0.2) is 38.0 Å². The molecule has 5 rings (SSSR count). The van der Waals surface area contributed by atoms with Gasteiger partial charge in [-0.3, -0.25) is 18.9 Å². The zero-order chi connectivity index (χ0) is 24.5. The van der Waals surface area contributed by atoms with Crippen LogP contribution in [0, 0.1) is 5.82 Å². The van der Waals surface area contributed by atoms with Gasteiger partial charge in [0.15, 0.2) is 0 Å². The van der Waals surface area contributed by atoms with Crippen molar-refractivity contribution >= 4 is 28.5 Å². The fraction of sp³-hybridized carbons (Fsp3) is 0.192. The highest BCUT2D eigenvalue weighted by Crippen LogP contribution is 2.30. The van der Waals surface area contributed by atoms with E-state index in [-0.39, 0.29) is 30.1 Å². The molecule has 0 N–H and O–H groups in total. The van der Waals surface area contributed by atoms with E-state index in [1.807, 2.05) is 0 Å². The van der Waals surface area contributed by atoms with Gasteiger partial charge in [0.2, 0.25) is 5.91 Å². The number of fused-ring (bicyclic) bond motifs is 1. The van der Waals surface area contributed by atoms with Crippen molar-refractivity contribution in [3.8, 4) is 11.4 Å². The van der Waals surface area contributed by atoms with E-state index in [2.05, 4.69) is 11.6 Å². The number of amides is 1. The highest BCUT2D eigenvalue weighted by atomic mass is 35.5. The molecule has 2 aromatic heterocycles. The van der Waals surface area contributed by atoms with Gasteiger partial charge >= 0.3 is 5.69 Å². The number of pyridine rings is 1. The van der Waals surface area contributed by atoms with Crippen molar-refractivity contribution in [3.05, 3.63) is 100 Å². The Labute approximate surface area is 205 Å². The van der Waals surface area contributed by atoms with Crippen molar-refractivity contribution in [1.29, 1.82) is 0 Å². The summed E-state index contributed by atoms with van der Waals surface area (Å²) in [6.07, 6.45) is 5.21. The number of rotatable bonds is 6. The van der Waals surface area contributed by atoms with Crippen LogP contribution in [-0.2, 0) is 11.4 Å². The molecular weight excluding hydrogens is 471 g/mol. The summed E-state index contributed by atoms with van der Waals surface area (Å²) in [6, 6.07) is 13.0. The molecular formula is C26H22ClFN4O3. The van der Waals surface area contributed by atoms with Crippen LogP contribution in [0.2, 0.25) is 5.02 Å². The van der Waals surface area contributed by atoms with Gasteiger partial charge in [0.05, 0.1) is 34.0 Å². The normalized spacial score (nSPS) is 15.5. The van der Waals surface area contributed by atoms with E-state index in [1.165, 1.54) is 12.1 Å². The topological polar surface area (TPSA) is 69.4 Å². The SMILES string of the molecule is C=CC(=O)N1CCC(n2c(=O)n(-c3ccc(OCc4ccccc4F)c(Cl)c3)c3cnccc32)C1. The minimum absolute atomic E-state index is 0.0243. The zero-order valence-corrected chi connectivity index (χ0v) is 19.5. The lowest BCUT2D eigenvalue weighted by Gasteiger charge is -2.15. The van der Waals surface area contributed by atoms with Crippen LogP contribution in [0.15, 0.2) is 78.4 Å². The molecule has 2 aromatic carbocycles. The number of aromatic nitrogens is 3. The largest absolute Gasteiger partial charge is 0.487 e. The molecule has 35 heavy (non-hydrogen) atoms. The van der Waals surface area contributed by atoms with Crippen molar-refractivity contribution in [2.24, 2.45) is 0 Å². The lowest BCUT2D eigenvalue weighted by Crippen LogP contribution is -2.31. The Kier molecular flexibility index (Phi) is 6.13. The number of halogens is 2. The molecule has 9 heteroatoms. The molecule has 1 aliphatic rings. The molecule has 7 nitrogen and oxygen atoms in total. The first kappa shape index (κ1) is 22.9. The number of hydrogen-bond donors (Lipinski definition) is 0. The summed E-state index contributed by atoms with van der Waals surface area (Å²) in [4.78, 5) is 31.6. The minimum atomic E-state index is -0.354. The van der Waals surface area contributed by atoms with Crippen LogP contribution in [0.5, 0.6) is 5.75 Å². The number of benzene rings is 2. The van der Waals surface area contributed by atoms with Gasteiger partial charge in [-0.05, 0) is 42.8 Å². The third kappa shape index (κ3) is 4.21. The summed E-state index contributed by atoms with van der Waals surface area (Å²) in [5.41, 5.74) is 2.06. The average molecular weight is 493 g/mol. The molecule has 0 bridgehead atoms. The van der Waals surface area contributed by atoms with E-state index < -0.39 is 0 Å². The minimum Gasteiger partial charge on any atom is -0.487 e. The predicted molar refractivity (Wildman–Crippen MR) is 132 cm³/mol. The first-order chi connectivity index (χ1) is 17.0. The number of ether oxygens (including phenoxy) is 1. The van der Waals surface area contributed by atoms with Crippen molar-refractivity contribution < 1.29 is 13.9 Å². The first-order valence-electron chi connectivity index (χ1n) is 11.1. The van der Waals surface area contributed by atoms with Crippen LogP contribution >= 0.6 is 11.6 Å². The van der Waals surface area contributed by atoms with E-state index in [0.717, 1.165) is 5.52 Å². The van der Waals surface area contributed by atoms with Gasteiger partial charge in [0.1, 0.15) is 18.2 Å². The van der Waals surface area contributed by atoms with Gasteiger partial charge < -0.3 is 9.64 Å². The highest BCUT2D eigenvalue weighted by Gasteiger charge is 2.30. The maximum absolute atomic E-state index is 13.9. The smallest absolute Gasteiger partial charge is 0.334 e. The van der Waals surface area contributed by atoms with E-state index >= 15 is 0 Å². The van der Waals surface area contributed by atoms with Crippen LogP contribution in [0.4, 0.5) is 4.39 Å². The highest BCUT2D eigenvalue weighted by molar-refractivity contribution is 6.32. The van der Waals surface area contributed by atoms with Crippen LogP contribution in [0.1, 0.15) is 18.0 Å². The number of hydrogen-bond acceptors (Lipinski definition) is 4. The molecule has 1 fully saturated rings. The summed E-state index contributed by atoms with van der Waals surface area (Å²) >= 11 is 6.48. The monoisotopic (exact) mass is 492 g/mol. The molecule has 0 saturated carbocycles. The average Bonchev–Trinajstić information content (AvgIpc) is 3.45. The third-order valence-corrected chi connectivity index (χ3v) is 6.50. The number of likely N-dealkylation sites (tertiary alicyclic amines) is 1. The van der Waals surface area contributed by atoms with Crippen LogP contribution in [0.3, 0.4) is 0 Å². The Bertz CT molecular complexity index is 1500. The molecule has 3 heterocycles. The summed E-state index contributed by atoms with van der Waals surface area (Å²) < 4.78 is 22.9. The van der Waals surface area contributed by atoms with E-state index in [9.17, 15) is 14.0 Å². The Morgan fingerprint density at radius 2 is 2.06 bits per heavy atom. The second kappa shape index (κ2) is 9.38. The molecule has 178 valence electrons. The fourth-order valence-corrected chi connectivity index (χ4v) is 4.70. The van der Waals surface area contributed by atoms with Crippen molar-refractivity contribution in [1.82, 2.24) is 19.0 Å². The fourth-order valence-electron chi connectivity index (χ4n) is 4.47. The van der Waals surface area contributed by atoms with Gasteiger partial charge in [0, 0.05) is 24.8 Å². The van der Waals surface area contributed by atoms with Crippen LogP contribution in [0.25, 0.3) is 16.7 Å². The molecule has 4 aromatic rings. The molecule has 1 saturated heterocycles. The maximum atomic E-state index is 13.9. The summed E-state index contributed by atoms with van der Waals surface area (Å²) in [6.45, 7) is 4.56.